The van der Waals surface area contributed by atoms with Gasteiger partial charge in [-0.05, 0) is 73.8 Å². The predicted octanol–water partition coefficient (Wildman–Crippen LogP) is 2.55. The third kappa shape index (κ3) is 3.24. The van der Waals surface area contributed by atoms with Crippen molar-refractivity contribution in [3.63, 3.8) is 0 Å². The summed E-state index contributed by atoms with van der Waals surface area (Å²) >= 11 is 0. The van der Waals surface area contributed by atoms with Gasteiger partial charge < -0.3 is 26.2 Å². The number of anilines is 2. The Labute approximate surface area is 191 Å². The van der Waals surface area contributed by atoms with Crippen molar-refractivity contribution < 1.29 is 10.2 Å². The van der Waals surface area contributed by atoms with E-state index in [0.717, 1.165) is 59.6 Å². The molecule has 33 heavy (non-hydrogen) atoms. The van der Waals surface area contributed by atoms with Gasteiger partial charge in [0.2, 0.25) is 0 Å². The minimum absolute atomic E-state index is 0.0109. The Morgan fingerprint density at radius 3 is 2.76 bits per heavy atom. The molecule has 1 saturated carbocycles. The lowest BCUT2D eigenvalue weighted by Crippen LogP contribution is -2.30. The first-order valence-corrected chi connectivity index (χ1v) is 11.6. The quantitative estimate of drug-likeness (QED) is 0.380. The number of rotatable bonds is 4. The molecule has 2 aliphatic carbocycles. The van der Waals surface area contributed by atoms with Gasteiger partial charge in [0.1, 0.15) is 29.7 Å². The summed E-state index contributed by atoms with van der Waals surface area (Å²) < 4.78 is 2.15. The smallest absolute Gasteiger partial charge is 0.146 e. The second-order valence-corrected chi connectivity index (χ2v) is 9.45. The SMILES string of the molecule is Nc1ccc2ccc(CC[C@H]3C[C@@H](n4c5c(c6c(N)ncnc64)CCC5)[C@H](O)[C@@H]3O)cc2n1. The molecule has 0 spiro atoms. The Balaban J connectivity index is 1.27. The van der Waals surface area contributed by atoms with Crippen molar-refractivity contribution in [2.75, 3.05) is 11.5 Å². The van der Waals surface area contributed by atoms with Crippen LogP contribution in [0.4, 0.5) is 11.6 Å². The van der Waals surface area contributed by atoms with E-state index >= 15 is 0 Å². The maximum Gasteiger partial charge on any atom is 0.146 e. The van der Waals surface area contributed by atoms with E-state index in [0.29, 0.717) is 18.1 Å². The van der Waals surface area contributed by atoms with Gasteiger partial charge in [-0.2, -0.15) is 0 Å². The summed E-state index contributed by atoms with van der Waals surface area (Å²) in [5.74, 6) is 0.989. The molecule has 6 rings (SSSR count). The van der Waals surface area contributed by atoms with Gasteiger partial charge in [0.05, 0.1) is 23.0 Å². The van der Waals surface area contributed by atoms with Crippen molar-refractivity contribution >= 4 is 33.6 Å². The van der Waals surface area contributed by atoms with Crippen LogP contribution < -0.4 is 11.5 Å². The number of fused-ring (bicyclic) bond motifs is 4. The summed E-state index contributed by atoms with van der Waals surface area (Å²) in [5.41, 5.74) is 17.2. The summed E-state index contributed by atoms with van der Waals surface area (Å²) in [6, 6.07) is 9.77. The van der Waals surface area contributed by atoms with Crippen LogP contribution >= 0.6 is 0 Å². The minimum Gasteiger partial charge on any atom is -0.390 e. The zero-order valence-corrected chi connectivity index (χ0v) is 18.4. The number of nitrogen functional groups attached to an aromatic ring is 2. The van der Waals surface area contributed by atoms with Crippen molar-refractivity contribution in [3.05, 3.63) is 53.5 Å². The first kappa shape index (κ1) is 20.4. The Morgan fingerprint density at radius 2 is 1.88 bits per heavy atom. The van der Waals surface area contributed by atoms with Crippen LogP contribution in [-0.2, 0) is 19.3 Å². The van der Waals surface area contributed by atoms with E-state index in [1.165, 1.54) is 17.6 Å². The Bertz CT molecular complexity index is 1370. The lowest BCUT2D eigenvalue weighted by atomic mass is 9.95. The van der Waals surface area contributed by atoms with E-state index in [4.69, 9.17) is 11.5 Å². The molecule has 0 radical (unpaired) electrons. The van der Waals surface area contributed by atoms with Crippen LogP contribution in [0.2, 0.25) is 0 Å². The van der Waals surface area contributed by atoms with E-state index in [-0.39, 0.29) is 12.0 Å². The van der Waals surface area contributed by atoms with Crippen LogP contribution in [0.15, 0.2) is 36.7 Å². The third-order valence-corrected chi connectivity index (χ3v) is 7.55. The van der Waals surface area contributed by atoms with Crippen molar-refractivity contribution in [2.24, 2.45) is 5.92 Å². The highest BCUT2D eigenvalue weighted by atomic mass is 16.3. The largest absolute Gasteiger partial charge is 0.390 e. The molecular weight excluding hydrogens is 416 g/mol. The molecular formula is C25H28N6O2. The topological polar surface area (TPSA) is 136 Å². The molecule has 8 nitrogen and oxygen atoms in total. The van der Waals surface area contributed by atoms with Gasteiger partial charge in [-0.15, -0.1) is 0 Å². The minimum atomic E-state index is -0.843. The Morgan fingerprint density at radius 1 is 1.03 bits per heavy atom. The van der Waals surface area contributed by atoms with Crippen molar-refractivity contribution in [1.29, 1.82) is 0 Å². The molecule has 0 aliphatic heterocycles. The van der Waals surface area contributed by atoms with Crippen LogP contribution in [0.3, 0.4) is 0 Å². The van der Waals surface area contributed by atoms with E-state index < -0.39 is 12.2 Å². The molecule has 1 fully saturated rings. The van der Waals surface area contributed by atoms with Crippen molar-refractivity contribution in [3.8, 4) is 0 Å². The zero-order chi connectivity index (χ0) is 22.7. The zero-order valence-electron chi connectivity index (χ0n) is 18.4. The number of aliphatic hydroxyl groups excluding tert-OH is 2. The maximum absolute atomic E-state index is 11.1. The number of aryl methyl sites for hydroxylation is 2. The molecule has 0 amide bonds. The number of benzene rings is 1. The third-order valence-electron chi connectivity index (χ3n) is 7.55. The molecule has 8 heteroatoms. The van der Waals surface area contributed by atoms with Gasteiger partial charge in [-0.3, -0.25) is 0 Å². The van der Waals surface area contributed by atoms with Gasteiger partial charge >= 0.3 is 0 Å². The molecule has 3 aromatic heterocycles. The highest BCUT2D eigenvalue weighted by Gasteiger charge is 2.44. The normalized spacial score (nSPS) is 24.7. The van der Waals surface area contributed by atoms with Crippen LogP contribution in [0, 0.1) is 5.92 Å². The lowest BCUT2D eigenvalue weighted by Gasteiger charge is -2.21. The Hall–Kier alpha value is -3.23. The standard InChI is InChI=1S/C25H28N6O2/c26-20-9-8-14-6-4-13(10-17(14)30-20)5-7-15-11-19(23(33)22(15)32)31-18-3-1-2-16(18)21-24(27)28-12-29-25(21)31/h4,6,8-10,12,15,19,22-23,32-33H,1-3,5,7,11H2,(H2,26,30)(H2,27,28,29)/t15-,19+,22+,23-/m0/s1. The van der Waals surface area contributed by atoms with Gasteiger partial charge in [0, 0.05) is 11.1 Å². The fourth-order valence-electron chi connectivity index (χ4n) is 5.94. The van der Waals surface area contributed by atoms with Crippen LogP contribution in [-0.4, -0.2) is 41.9 Å². The molecule has 1 aromatic carbocycles. The maximum atomic E-state index is 11.1. The van der Waals surface area contributed by atoms with Crippen LogP contribution in [0.1, 0.15) is 42.1 Å². The van der Waals surface area contributed by atoms with E-state index in [1.807, 2.05) is 6.07 Å². The first-order valence-electron chi connectivity index (χ1n) is 11.6. The van der Waals surface area contributed by atoms with E-state index in [2.05, 4.69) is 37.7 Å². The molecule has 0 unspecified atom stereocenters. The van der Waals surface area contributed by atoms with Crippen LogP contribution in [0.25, 0.3) is 21.9 Å². The summed E-state index contributed by atoms with van der Waals surface area (Å²) in [6.07, 6.45) is 5.08. The van der Waals surface area contributed by atoms with Crippen LogP contribution in [0.5, 0.6) is 0 Å². The van der Waals surface area contributed by atoms with Gasteiger partial charge in [-0.1, -0.05) is 12.1 Å². The number of hydrogen-bond donors (Lipinski definition) is 4. The molecule has 4 aromatic rings. The predicted molar refractivity (Wildman–Crippen MR) is 128 cm³/mol. The molecule has 6 N–H and O–H groups in total. The Kier molecular flexibility index (Phi) is 4.74. The van der Waals surface area contributed by atoms with E-state index in [9.17, 15) is 10.2 Å². The van der Waals surface area contributed by atoms with Crippen molar-refractivity contribution in [1.82, 2.24) is 19.5 Å². The summed E-state index contributed by atoms with van der Waals surface area (Å²) in [7, 11) is 0. The monoisotopic (exact) mass is 444 g/mol. The second kappa shape index (κ2) is 7.67. The van der Waals surface area contributed by atoms with Gasteiger partial charge in [-0.25, -0.2) is 15.0 Å². The number of nitrogens with two attached hydrogens (primary N) is 2. The lowest BCUT2D eigenvalue weighted by molar-refractivity contribution is 0.00517. The average Bonchev–Trinajstić information content (AvgIpc) is 3.46. The van der Waals surface area contributed by atoms with Crippen molar-refractivity contribution in [2.45, 2.75) is 56.8 Å². The summed E-state index contributed by atoms with van der Waals surface area (Å²) in [6.45, 7) is 0. The molecule has 0 saturated heterocycles. The molecule has 4 atom stereocenters. The first-order chi connectivity index (χ1) is 16.0. The second-order valence-electron chi connectivity index (χ2n) is 9.45. The number of aliphatic hydroxyl groups is 2. The molecule has 3 heterocycles. The highest BCUT2D eigenvalue weighted by molar-refractivity contribution is 5.91. The fraction of sp³-hybridized carbons (Fsp3) is 0.400. The molecule has 170 valence electrons. The van der Waals surface area contributed by atoms with Gasteiger partial charge in [0.15, 0.2) is 0 Å². The summed E-state index contributed by atoms with van der Waals surface area (Å²) in [4.78, 5) is 13.1. The number of aromatic nitrogens is 4. The van der Waals surface area contributed by atoms with Gasteiger partial charge in [0.25, 0.3) is 0 Å². The molecule has 2 aliphatic rings. The number of hydrogen-bond acceptors (Lipinski definition) is 7. The number of nitrogens with zero attached hydrogens (tertiary/aromatic N) is 4. The van der Waals surface area contributed by atoms with E-state index in [1.54, 1.807) is 6.07 Å². The average molecular weight is 445 g/mol. The molecule has 0 bridgehead atoms. The fourth-order valence-corrected chi connectivity index (χ4v) is 5.94. The highest BCUT2D eigenvalue weighted by Crippen LogP contribution is 2.44. The summed E-state index contributed by atoms with van der Waals surface area (Å²) in [5, 5.41) is 24.0. The number of pyridine rings is 1.